The minimum atomic E-state index is 0.584. The summed E-state index contributed by atoms with van der Waals surface area (Å²) in [6, 6.07) is 3.88. The first kappa shape index (κ1) is 12.2. The lowest BCUT2D eigenvalue weighted by atomic mass is 10.1. The fourth-order valence-electron chi connectivity index (χ4n) is 2.32. The zero-order chi connectivity index (χ0) is 12.1. The number of nitrogen functional groups attached to an aromatic ring is 1. The third kappa shape index (κ3) is 3.60. The topological polar surface area (TPSA) is 54.2 Å². The molecule has 4 nitrogen and oxygen atoms in total. The monoisotopic (exact) mass is 234 g/mol. The Balaban J connectivity index is 1.75. The normalized spacial score (nSPS) is 18.2. The summed E-state index contributed by atoms with van der Waals surface area (Å²) in [5.74, 6) is 1.22. The first-order valence-corrected chi connectivity index (χ1v) is 6.42. The summed E-state index contributed by atoms with van der Waals surface area (Å²) in [6.07, 6.45) is 4.43. The van der Waals surface area contributed by atoms with Gasteiger partial charge in [0.1, 0.15) is 5.82 Å². The Kier molecular flexibility index (Phi) is 4.20. The molecule has 1 aliphatic rings. The SMILES string of the molecule is CC(CNc1cccnc1N)CN1CCCC1. The van der Waals surface area contributed by atoms with Gasteiger partial charge in [-0.15, -0.1) is 0 Å². The van der Waals surface area contributed by atoms with Gasteiger partial charge in [-0.25, -0.2) is 4.98 Å². The molecule has 1 aliphatic heterocycles. The van der Waals surface area contributed by atoms with E-state index in [-0.39, 0.29) is 0 Å². The highest BCUT2D eigenvalue weighted by Gasteiger charge is 2.14. The highest BCUT2D eigenvalue weighted by Crippen LogP contribution is 2.15. The third-order valence-electron chi connectivity index (χ3n) is 3.25. The molecule has 0 bridgehead atoms. The van der Waals surface area contributed by atoms with Gasteiger partial charge in [-0.05, 0) is 44.0 Å². The van der Waals surface area contributed by atoms with Crippen molar-refractivity contribution < 1.29 is 0 Å². The second-order valence-electron chi connectivity index (χ2n) is 4.93. The smallest absolute Gasteiger partial charge is 0.146 e. The van der Waals surface area contributed by atoms with E-state index < -0.39 is 0 Å². The molecule has 0 saturated carbocycles. The number of anilines is 2. The molecule has 0 aromatic carbocycles. The standard InChI is InChI=1S/C13H22N4/c1-11(10-17-7-2-3-8-17)9-16-12-5-4-6-15-13(12)14/h4-6,11,16H,2-3,7-10H2,1H3,(H2,14,15). The van der Waals surface area contributed by atoms with Crippen LogP contribution in [0.4, 0.5) is 11.5 Å². The van der Waals surface area contributed by atoms with E-state index in [1.165, 1.54) is 32.5 Å². The molecule has 2 heterocycles. The zero-order valence-electron chi connectivity index (χ0n) is 10.5. The molecule has 0 amide bonds. The van der Waals surface area contributed by atoms with E-state index in [4.69, 9.17) is 5.73 Å². The molecule has 94 valence electrons. The molecule has 0 aliphatic carbocycles. The van der Waals surface area contributed by atoms with E-state index in [1.807, 2.05) is 12.1 Å². The Morgan fingerprint density at radius 2 is 2.24 bits per heavy atom. The van der Waals surface area contributed by atoms with E-state index in [0.29, 0.717) is 11.7 Å². The predicted octanol–water partition coefficient (Wildman–Crippen LogP) is 1.81. The number of nitrogens with one attached hydrogen (secondary N) is 1. The van der Waals surface area contributed by atoms with Gasteiger partial charge in [0.25, 0.3) is 0 Å². The van der Waals surface area contributed by atoms with Gasteiger partial charge in [-0.3, -0.25) is 0 Å². The van der Waals surface area contributed by atoms with Crippen LogP contribution >= 0.6 is 0 Å². The molecule has 4 heteroatoms. The summed E-state index contributed by atoms with van der Waals surface area (Å²) >= 11 is 0. The van der Waals surface area contributed by atoms with Gasteiger partial charge < -0.3 is 16.0 Å². The van der Waals surface area contributed by atoms with E-state index in [1.54, 1.807) is 6.20 Å². The minimum Gasteiger partial charge on any atom is -0.382 e. The van der Waals surface area contributed by atoms with Crippen molar-refractivity contribution in [3.05, 3.63) is 18.3 Å². The summed E-state index contributed by atoms with van der Waals surface area (Å²) in [7, 11) is 0. The maximum absolute atomic E-state index is 5.79. The maximum Gasteiger partial charge on any atom is 0.146 e. The number of rotatable bonds is 5. The Bertz CT molecular complexity index is 347. The van der Waals surface area contributed by atoms with E-state index in [2.05, 4.69) is 22.1 Å². The number of nitrogens with zero attached hydrogens (tertiary/aromatic N) is 2. The maximum atomic E-state index is 5.79. The quantitative estimate of drug-likeness (QED) is 0.816. The number of likely N-dealkylation sites (tertiary alicyclic amines) is 1. The summed E-state index contributed by atoms with van der Waals surface area (Å²) in [6.45, 7) is 6.93. The highest BCUT2D eigenvalue weighted by molar-refractivity contribution is 5.60. The summed E-state index contributed by atoms with van der Waals surface area (Å²) in [5.41, 5.74) is 6.73. The van der Waals surface area contributed by atoms with Gasteiger partial charge in [-0.1, -0.05) is 6.92 Å². The molecule has 17 heavy (non-hydrogen) atoms. The predicted molar refractivity (Wildman–Crippen MR) is 72.0 cm³/mol. The molecular formula is C13H22N4. The second-order valence-corrected chi connectivity index (χ2v) is 4.93. The molecule has 1 fully saturated rings. The molecule has 2 rings (SSSR count). The lowest BCUT2D eigenvalue weighted by Crippen LogP contribution is -2.29. The number of nitrogens with two attached hydrogens (primary N) is 1. The number of hydrogen-bond donors (Lipinski definition) is 2. The van der Waals surface area contributed by atoms with Crippen molar-refractivity contribution in [2.45, 2.75) is 19.8 Å². The van der Waals surface area contributed by atoms with Crippen LogP contribution in [0.5, 0.6) is 0 Å². The van der Waals surface area contributed by atoms with Crippen molar-refractivity contribution >= 4 is 11.5 Å². The molecule has 1 aromatic heterocycles. The minimum absolute atomic E-state index is 0.584. The molecule has 0 spiro atoms. The van der Waals surface area contributed by atoms with Crippen LogP contribution in [-0.4, -0.2) is 36.1 Å². The average Bonchev–Trinajstić information content (AvgIpc) is 2.81. The molecule has 1 saturated heterocycles. The van der Waals surface area contributed by atoms with Gasteiger partial charge in [0, 0.05) is 19.3 Å². The van der Waals surface area contributed by atoms with Crippen molar-refractivity contribution in [2.75, 3.05) is 37.2 Å². The lowest BCUT2D eigenvalue weighted by molar-refractivity contribution is 0.294. The fourth-order valence-corrected chi connectivity index (χ4v) is 2.32. The van der Waals surface area contributed by atoms with Crippen LogP contribution in [0.2, 0.25) is 0 Å². The van der Waals surface area contributed by atoms with Crippen molar-refractivity contribution in [3.8, 4) is 0 Å². The first-order chi connectivity index (χ1) is 8.25. The van der Waals surface area contributed by atoms with Crippen LogP contribution in [0.3, 0.4) is 0 Å². The van der Waals surface area contributed by atoms with Gasteiger partial charge in [0.15, 0.2) is 0 Å². The van der Waals surface area contributed by atoms with Crippen molar-refractivity contribution in [1.82, 2.24) is 9.88 Å². The van der Waals surface area contributed by atoms with Crippen molar-refractivity contribution in [3.63, 3.8) is 0 Å². The Morgan fingerprint density at radius 1 is 1.47 bits per heavy atom. The van der Waals surface area contributed by atoms with Crippen LogP contribution in [-0.2, 0) is 0 Å². The van der Waals surface area contributed by atoms with Crippen LogP contribution in [0, 0.1) is 5.92 Å². The van der Waals surface area contributed by atoms with Crippen LogP contribution in [0.15, 0.2) is 18.3 Å². The fraction of sp³-hybridized carbons (Fsp3) is 0.615. The number of aromatic nitrogens is 1. The largest absolute Gasteiger partial charge is 0.382 e. The van der Waals surface area contributed by atoms with Crippen molar-refractivity contribution in [2.24, 2.45) is 5.92 Å². The molecular weight excluding hydrogens is 212 g/mol. The average molecular weight is 234 g/mol. The summed E-state index contributed by atoms with van der Waals surface area (Å²) in [5, 5.41) is 3.37. The van der Waals surface area contributed by atoms with Gasteiger partial charge >= 0.3 is 0 Å². The van der Waals surface area contributed by atoms with E-state index in [9.17, 15) is 0 Å². The highest BCUT2D eigenvalue weighted by atomic mass is 15.1. The van der Waals surface area contributed by atoms with Gasteiger partial charge in [0.2, 0.25) is 0 Å². The molecule has 1 atom stereocenters. The van der Waals surface area contributed by atoms with E-state index >= 15 is 0 Å². The van der Waals surface area contributed by atoms with Crippen LogP contribution in [0.25, 0.3) is 0 Å². The van der Waals surface area contributed by atoms with Gasteiger partial charge in [-0.2, -0.15) is 0 Å². The number of pyridine rings is 1. The molecule has 1 unspecified atom stereocenters. The molecule has 0 radical (unpaired) electrons. The van der Waals surface area contributed by atoms with E-state index in [0.717, 1.165) is 12.2 Å². The second kappa shape index (κ2) is 5.87. The Labute approximate surface area is 103 Å². The molecule has 3 N–H and O–H groups in total. The lowest BCUT2D eigenvalue weighted by Gasteiger charge is -2.21. The number of hydrogen-bond acceptors (Lipinski definition) is 4. The molecule has 1 aromatic rings. The first-order valence-electron chi connectivity index (χ1n) is 6.42. The van der Waals surface area contributed by atoms with Crippen LogP contribution < -0.4 is 11.1 Å². The Hall–Kier alpha value is -1.29. The third-order valence-corrected chi connectivity index (χ3v) is 3.25. The Morgan fingerprint density at radius 3 is 2.94 bits per heavy atom. The van der Waals surface area contributed by atoms with Crippen molar-refractivity contribution in [1.29, 1.82) is 0 Å². The van der Waals surface area contributed by atoms with Gasteiger partial charge in [0.05, 0.1) is 5.69 Å². The zero-order valence-corrected chi connectivity index (χ0v) is 10.5. The summed E-state index contributed by atoms with van der Waals surface area (Å²) < 4.78 is 0. The van der Waals surface area contributed by atoms with Crippen LogP contribution in [0.1, 0.15) is 19.8 Å². The summed E-state index contributed by atoms with van der Waals surface area (Å²) in [4.78, 5) is 6.61.